The highest BCUT2D eigenvalue weighted by Gasteiger charge is 2.24. The van der Waals surface area contributed by atoms with Crippen LogP contribution in [0.15, 0.2) is 91.0 Å². The minimum atomic E-state index is -0.491. The number of hydrogen-bond acceptors (Lipinski definition) is 7. The predicted octanol–water partition coefficient (Wildman–Crippen LogP) is 6.47. The number of phenols is 1. The third-order valence-corrected chi connectivity index (χ3v) is 5.94. The Kier molecular flexibility index (Phi) is 9.08. The number of rotatable bonds is 12. The minimum Gasteiger partial charge on any atom is -0.507 e. The molecule has 4 aromatic carbocycles. The van der Waals surface area contributed by atoms with Crippen molar-refractivity contribution in [2.75, 3.05) is 21.3 Å². The summed E-state index contributed by atoms with van der Waals surface area (Å²) in [5.41, 5.74) is 2.62. The smallest absolute Gasteiger partial charge is 0.204 e. The van der Waals surface area contributed by atoms with E-state index in [2.05, 4.69) is 0 Å². The number of carbonyl (C=O) groups excluding carboxylic acids is 1. The SMILES string of the molecule is COc1cc(O)c(C(=O)/C=C/c2cc(OCc3ccccc3)ccc2OCc2ccccc2)c(OC)c1OC. The molecule has 0 unspecified atom stereocenters. The molecule has 39 heavy (non-hydrogen) atoms. The highest BCUT2D eigenvalue weighted by Crippen LogP contribution is 2.45. The van der Waals surface area contributed by atoms with E-state index in [1.807, 2.05) is 72.8 Å². The Morgan fingerprint density at radius 2 is 1.33 bits per heavy atom. The van der Waals surface area contributed by atoms with Gasteiger partial charge in [0.05, 0.1) is 21.3 Å². The summed E-state index contributed by atoms with van der Waals surface area (Å²) in [6.45, 7) is 0.744. The normalized spacial score (nSPS) is 10.7. The molecule has 0 fully saturated rings. The first-order valence-electron chi connectivity index (χ1n) is 12.3. The lowest BCUT2D eigenvalue weighted by molar-refractivity contribution is 0.104. The van der Waals surface area contributed by atoms with Gasteiger partial charge in [-0.1, -0.05) is 60.7 Å². The van der Waals surface area contributed by atoms with Crippen LogP contribution in [0.25, 0.3) is 6.08 Å². The van der Waals surface area contributed by atoms with Crippen LogP contribution in [0.4, 0.5) is 0 Å². The molecule has 0 saturated heterocycles. The van der Waals surface area contributed by atoms with Crippen molar-refractivity contribution >= 4 is 11.9 Å². The maximum absolute atomic E-state index is 13.3. The first-order valence-corrected chi connectivity index (χ1v) is 12.3. The van der Waals surface area contributed by atoms with Gasteiger partial charge in [0.1, 0.15) is 36.0 Å². The van der Waals surface area contributed by atoms with Gasteiger partial charge < -0.3 is 28.8 Å². The summed E-state index contributed by atoms with van der Waals surface area (Å²) in [4.78, 5) is 13.3. The fourth-order valence-corrected chi connectivity index (χ4v) is 3.98. The van der Waals surface area contributed by atoms with E-state index in [9.17, 15) is 9.90 Å². The fraction of sp³-hybridized carbons (Fsp3) is 0.156. The van der Waals surface area contributed by atoms with Crippen LogP contribution in [-0.2, 0) is 13.2 Å². The summed E-state index contributed by atoms with van der Waals surface area (Å²) in [7, 11) is 4.25. The van der Waals surface area contributed by atoms with Crippen LogP contribution in [0.3, 0.4) is 0 Å². The van der Waals surface area contributed by atoms with Gasteiger partial charge in [-0.15, -0.1) is 0 Å². The molecule has 0 bridgehead atoms. The molecule has 0 saturated carbocycles. The largest absolute Gasteiger partial charge is 0.507 e. The summed E-state index contributed by atoms with van der Waals surface area (Å²) in [6, 6.07) is 26.4. The van der Waals surface area contributed by atoms with Gasteiger partial charge in [0.15, 0.2) is 17.3 Å². The van der Waals surface area contributed by atoms with Crippen LogP contribution >= 0.6 is 0 Å². The number of methoxy groups -OCH3 is 3. The molecule has 0 atom stereocenters. The molecule has 7 heteroatoms. The standard InChI is InChI=1S/C32H30O7/c1-35-29-19-27(34)30(32(37-3)31(29)36-2)26(33)16-14-24-18-25(38-20-22-10-6-4-7-11-22)15-17-28(24)39-21-23-12-8-5-9-13-23/h4-19,34H,20-21H2,1-3H3/b16-14+. The highest BCUT2D eigenvalue weighted by atomic mass is 16.5. The van der Waals surface area contributed by atoms with Crippen molar-refractivity contribution in [2.24, 2.45) is 0 Å². The average molecular weight is 527 g/mol. The number of allylic oxidation sites excluding steroid dienone is 1. The number of carbonyl (C=O) groups is 1. The van der Waals surface area contributed by atoms with Crippen molar-refractivity contribution in [3.8, 4) is 34.5 Å². The lowest BCUT2D eigenvalue weighted by atomic mass is 10.0. The Morgan fingerprint density at radius 3 is 1.92 bits per heavy atom. The van der Waals surface area contributed by atoms with E-state index in [1.54, 1.807) is 12.1 Å². The zero-order valence-corrected chi connectivity index (χ0v) is 22.0. The number of ketones is 1. The van der Waals surface area contributed by atoms with Gasteiger partial charge in [0.25, 0.3) is 0 Å². The minimum absolute atomic E-state index is 0.0466. The summed E-state index contributed by atoms with van der Waals surface area (Å²) < 4.78 is 28.1. The molecule has 0 heterocycles. The Bertz CT molecular complexity index is 1430. The molecule has 0 aliphatic carbocycles. The average Bonchev–Trinajstić information content (AvgIpc) is 2.98. The van der Waals surface area contributed by atoms with Crippen molar-refractivity contribution < 1.29 is 33.6 Å². The zero-order chi connectivity index (χ0) is 27.6. The summed E-state index contributed by atoms with van der Waals surface area (Å²) in [5.74, 6) is 0.923. The monoisotopic (exact) mass is 526 g/mol. The molecule has 7 nitrogen and oxygen atoms in total. The van der Waals surface area contributed by atoms with Crippen LogP contribution in [0.5, 0.6) is 34.5 Å². The Morgan fingerprint density at radius 1 is 0.718 bits per heavy atom. The summed E-state index contributed by atoms with van der Waals surface area (Å²) >= 11 is 0. The maximum atomic E-state index is 13.3. The van der Waals surface area contributed by atoms with E-state index < -0.39 is 5.78 Å². The molecular weight excluding hydrogens is 496 g/mol. The van der Waals surface area contributed by atoms with Crippen molar-refractivity contribution in [2.45, 2.75) is 13.2 Å². The molecule has 200 valence electrons. The Labute approximate surface area is 227 Å². The lowest BCUT2D eigenvalue weighted by Gasteiger charge is -2.16. The van der Waals surface area contributed by atoms with Gasteiger partial charge in [-0.25, -0.2) is 0 Å². The Hall–Kier alpha value is -4.91. The van der Waals surface area contributed by atoms with E-state index in [0.717, 1.165) is 11.1 Å². The molecule has 0 aliphatic heterocycles. The second-order valence-corrected chi connectivity index (χ2v) is 8.49. The Balaban J connectivity index is 1.64. The number of benzene rings is 4. The second-order valence-electron chi connectivity index (χ2n) is 8.49. The summed E-state index contributed by atoms with van der Waals surface area (Å²) in [5, 5.41) is 10.6. The third kappa shape index (κ3) is 6.70. The fourth-order valence-electron chi connectivity index (χ4n) is 3.98. The molecule has 1 N–H and O–H groups in total. The van der Waals surface area contributed by atoms with E-state index in [1.165, 1.54) is 33.5 Å². The zero-order valence-electron chi connectivity index (χ0n) is 22.0. The maximum Gasteiger partial charge on any atom is 0.204 e. The van der Waals surface area contributed by atoms with E-state index in [4.69, 9.17) is 23.7 Å². The van der Waals surface area contributed by atoms with Crippen molar-refractivity contribution in [1.29, 1.82) is 0 Å². The second kappa shape index (κ2) is 13.1. The van der Waals surface area contributed by atoms with E-state index in [0.29, 0.717) is 30.3 Å². The molecule has 4 aromatic rings. The molecular formula is C32H30O7. The molecule has 0 aliphatic rings. The van der Waals surface area contributed by atoms with Crippen LogP contribution in [0.2, 0.25) is 0 Å². The number of ether oxygens (including phenoxy) is 5. The molecule has 0 radical (unpaired) electrons. The quantitative estimate of drug-likeness (QED) is 0.167. The number of hydrogen-bond donors (Lipinski definition) is 1. The van der Waals surface area contributed by atoms with E-state index >= 15 is 0 Å². The first kappa shape index (κ1) is 27.1. The predicted molar refractivity (Wildman–Crippen MR) is 149 cm³/mol. The van der Waals surface area contributed by atoms with Gasteiger partial charge in [0.2, 0.25) is 5.75 Å². The van der Waals surface area contributed by atoms with Crippen molar-refractivity contribution in [3.63, 3.8) is 0 Å². The highest BCUT2D eigenvalue weighted by molar-refractivity contribution is 6.11. The van der Waals surface area contributed by atoms with Gasteiger partial charge in [-0.3, -0.25) is 4.79 Å². The lowest BCUT2D eigenvalue weighted by Crippen LogP contribution is -2.04. The molecule has 0 amide bonds. The summed E-state index contributed by atoms with van der Waals surface area (Å²) in [6.07, 6.45) is 2.96. The third-order valence-electron chi connectivity index (χ3n) is 5.94. The van der Waals surface area contributed by atoms with Crippen LogP contribution < -0.4 is 23.7 Å². The van der Waals surface area contributed by atoms with Crippen LogP contribution in [0.1, 0.15) is 27.0 Å². The van der Waals surface area contributed by atoms with Crippen LogP contribution in [0, 0.1) is 0 Å². The van der Waals surface area contributed by atoms with Gasteiger partial charge in [0, 0.05) is 11.6 Å². The number of aromatic hydroxyl groups is 1. The van der Waals surface area contributed by atoms with Crippen molar-refractivity contribution in [1.82, 2.24) is 0 Å². The topological polar surface area (TPSA) is 83.5 Å². The van der Waals surface area contributed by atoms with Gasteiger partial charge in [-0.05, 0) is 41.5 Å². The molecule has 4 rings (SSSR count). The van der Waals surface area contributed by atoms with E-state index in [-0.39, 0.29) is 28.6 Å². The first-order chi connectivity index (χ1) is 19.0. The molecule has 0 aromatic heterocycles. The van der Waals surface area contributed by atoms with Crippen molar-refractivity contribution in [3.05, 3.63) is 113 Å². The van der Waals surface area contributed by atoms with Gasteiger partial charge >= 0.3 is 0 Å². The number of phenolic OH excluding ortho intramolecular Hbond substituents is 1. The molecule has 0 spiro atoms. The van der Waals surface area contributed by atoms with Crippen LogP contribution in [-0.4, -0.2) is 32.2 Å². The van der Waals surface area contributed by atoms with Gasteiger partial charge in [-0.2, -0.15) is 0 Å².